The second-order valence-electron chi connectivity index (χ2n) is 6.16. The number of carbonyl (C=O) groups is 2. The molecule has 22 heavy (non-hydrogen) atoms. The number of nitrogens with zero attached hydrogens (tertiary/aromatic N) is 1. The summed E-state index contributed by atoms with van der Waals surface area (Å²) in [5, 5.41) is 6.89. The predicted octanol–water partition coefficient (Wildman–Crippen LogP) is 3.09. The van der Waals surface area contributed by atoms with Gasteiger partial charge in [0.05, 0.1) is 4.83 Å². The maximum atomic E-state index is 13.6. The monoisotopic (exact) mass is 379 g/mol. The van der Waals surface area contributed by atoms with E-state index in [2.05, 4.69) is 36.7 Å². The number of allylic oxidation sites excluding steroid dienone is 3. The standard InChI is InChI=1S/C14H18BrF2NO.CH2O2/c1-8-6-18(7-14(8,2)3)13(19)9-4-5-10(16)12(17)11(9)15;2-1-3/h4-5,8,11-12H,6-7H2,1-3H3;1H,(H,2,3). The normalized spacial score (nSPS) is 29.9. The molecule has 1 fully saturated rings. The van der Waals surface area contributed by atoms with Crippen LogP contribution in [0.25, 0.3) is 0 Å². The van der Waals surface area contributed by atoms with E-state index in [9.17, 15) is 13.6 Å². The molecule has 1 aliphatic heterocycles. The fraction of sp³-hybridized carbons (Fsp3) is 0.600. The van der Waals surface area contributed by atoms with Gasteiger partial charge in [0.15, 0.2) is 6.17 Å². The average Bonchev–Trinajstić information content (AvgIpc) is 2.71. The molecule has 0 saturated carbocycles. The Morgan fingerprint density at radius 3 is 2.50 bits per heavy atom. The van der Waals surface area contributed by atoms with Crippen LogP contribution in [0.5, 0.6) is 0 Å². The Morgan fingerprint density at radius 2 is 2.05 bits per heavy atom. The number of carbonyl (C=O) groups excluding carboxylic acids is 1. The molecule has 2 rings (SSSR count). The van der Waals surface area contributed by atoms with Crippen molar-refractivity contribution in [3.05, 3.63) is 23.6 Å². The van der Waals surface area contributed by atoms with E-state index in [0.717, 1.165) is 6.08 Å². The first-order valence-corrected chi connectivity index (χ1v) is 7.79. The maximum absolute atomic E-state index is 13.6. The third-order valence-corrected chi connectivity index (χ3v) is 5.16. The van der Waals surface area contributed by atoms with Gasteiger partial charge in [0, 0.05) is 18.7 Å². The summed E-state index contributed by atoms with van der Waals surface area (Å²) < 4.78 is 26.7. The molecule has 3 unspecified atom stereocenters. The minimum absolute atomic E-state index is 0.0584. The van der Waals surface area contributed by atoms with Crippen LogP contribution in [-0.2, 0) is 9.59 Å². The first kappa shape index (κ1) is 18.8. The predicted molar refractivity (Wildman–Crippen MR) is 83.1 cm³/mol. The van der Waals surface area contributed by atoms with E-state index in [0.29, 0.717) is 24.6 Å². The first-order valence-electron chi connectivity index (χ1n) is 6.88. The summed E-state index contributed by atoms with van der Waals surface area (Å²) in [7, 11) is 0. The van der Waals surface area contributed by atoms with Crippen LogP contribution in [-0.4, -0.2) is 46.5 Å². The van der Waals surface area contributed by atoms with E-state index in [4.69, 9.17) is 9.90 Å². The summed E-state index contributed by atoms with van der Waals surface area (Å²) in [6.45, 7) is 7.39. The second-order valence-corrected chi connectivity index (χ2v) is 7.14. The number of likely N-dealkylation sites (tertiary alicyclic amines) is 1. The fourth-order valence-electron chi connectivity index (χ4n) is 2.47. The van der Waals surface area contributed by atoms with Crippen LogP contribution in [0.3, 0.4) is 0 Å². The Hall–Kier alpha value is -1.24. The van der Waals surface area contributed by atoms with Crippen molar-refractivity contribution in [1.29, 1.82) is 0 Å². The van der Waals surface area contributed by atoms with Crippen molar-refractivity contribution in [3.63, 3.8) is 0 Å². The van der Waals surface area contributed by atoms with Crippen LogP contribution in [0.1, 0.15) is 20.8 Å². The number of amides is 1. The minimum atomic E-state index is -1.78. The summed E-state index contributed by atoms with van der Waals surface area (Å²) in [4.78, 5) is 21.6. The van der Waals surface area contributed by atoms with Gasteiger partial charge in [0.2, 0.25) is 0 Å². The van der Waals surface area contributed by atoms with E-state index in [1.54, 1.807) is 4.90 Å². The van der Waals surface area contributed by atoms with Gasteiger partial charge in [-0.3, -0.25) is 9.59 Å². The zero-order valence-corrected chi connectivity index (χ0v) is 14.3. The minimum Gasteiger partial charge on any atom is -0.483 e. The third-order valence-electron chi connectivity index (χ3n) is 4.20. The molecule has 0 spiro atoms. The van der Waals surface area contributed by atoms with Gasteiger partial charge in [-0.2, -0.15) is 0 Å². The number of alkyl halides is 2. The van der Waals surface area contributed by atoms with Crippen LogP contribution in [0.4, 0.5) is 8.78 Å². The molecule has 4 nitrogen and oxygen atoms in total. The third kappa shape index (κ3) is 3.94. The van der Waals surface area contributed by atoms with Crippen molar-refractivity contribution >= 4 is 28.3 Å². The number of hydrogen-bond donors (Lipinski definition) is 1. The Kier molecular flexibility index (Phi) is 6.28. The quantitative estimate of drug-likeness (QED) is 0.562. The van der Waals surface area contributed by atoms with Gasteiger partial charge in [0.1, 0.15) is 5.83 Å². The molecule has 3 atom stereocenters. The van der Waals surface area contributed by atoms with Gasteiger partial charge in [0.25, 0.3) is 12.4 Å². The van der Waals surface area contributed by atoms with Crippen molar-refractivity contribution in [2.75, 3.05) is 13.1 Å². The summed E-state index contributed by atoms with van der Waals surface area (Å²) >= 11 is 3.08. The number of halogens is 3. The lowest BCUT2D eigenvalue weighted by Gasteiger charge is -2.25. The molecular formula is C15H20BrF2NO3. The molecule has 1 N–H and O–H groups in total. The molecule has 0 aromatic carbocycles. The molecule has 0 bridgehead atoms. The molecular weight excluding hydrogens is 360 g/mol. The van der Waals surface area contributed by atoms with E-state index in [-0.39, 0.29) is 17.8 Å². The maximum Gasteiger partial charge on any atom is 0.290 e. The molecule has 0 radical (unpaired) electrons. The molecule has 1 heterocycles. The molecule has 0 aromatic heterocycles. The Labute approximate surface area is 137 Å². The van der Waals surface area contributed by atoms with Gasteiger partial charge in [-0.25, -0.2) is 8.78 Å². The van der Waals surface area contributed by atoms with Crippen LogP contribution in [0.15, 0.2) is 23.6 Å². The van der Waals surface area contributed by atoms with Crippen LogP contribution < -0.4 is 0 Å². The van der Waals surface area contributed by atoms with Crippen LogP contribution in [0.2, 0.25) is 0 Å². The average molecular weight is 380 g/mol. The fourth-order valence-corrected chi connectivity index (χ4v) is 3.07. The van der Waals surface area contributed by atoms with E-state index < -0.39 is 16.8 Å². The van der Waals surface area contributed by atoms with Crippen LogP contribution >= 0.6 is 15.9 Å². The zero-order valence-electron chi connectivity index (χ0n) is 12.7. The molecule has 2 aliphatic rings. The Balaban J connectivity index is 0.000000745. The van der Waals surface area contributed by atoms with E-state index >= 15 is 0 Å². The van der Waals surface area contributed by atoms with Gasteiger partial charge >= 0.3 is 0 Å². The topological polar surface area (TPSA) is 57.6 Å². The Bertz CT molecular complexity index is 505. The highest BCUT2D eigenvalue weighted by molar-refractivity contribution is 9.09. The lowest BCUT2D eigenvalue weighted by molar-refractivity contribution is -0.126. The zero-order chi connectivity index (χ0) is 17.1. The van der Waals surface area contributed by atoms with E-state index in [1.165, 1.54) is 6.08 Å². The largest absolute Gasteiger partial charge is 0.483 e. The highest BCUT2D eigenvalue weighted by atomic mass is 79.9. The molecule has 0 aromatic rings. The van der Waals surface area contributed by atoms with Crippen molar-refractivity contribution < 1.29 is 23.5 Å². The number of hydrogen-bond acceptors (Lipinski definition) is 2. The van der Waals surface area contributed by atoms with Gasteiger partial charge < -0.3 is 10.0 Å². The second kappa shape index (κ2) is 7.35. The molecule has 1 amide bonds. The van der Waals surface area contributed by atoms with Gasteiger partial charge in [-0.1, -0.05) is 36.7 Å². The van der Waals surface area contributed by atoms with Crippen molar-refractivity contribution in [2.24, 2.45) is 11.3 Å². The summed E-state index contributed by atoms with van der Waals surface area (Å²) in [6.07, 6.45) is 0.640. The molecule has 124 valence electrons. The summed E-state index contributed by atoms with van der Waals surface area (Å²) in [5.74, 6) is -0.651. The molecule has 1 saturated heterocycles. The lowest BCUT2D eigenvalue weighted by atomic mass is 9.84. The van der Waals surface area contributed by atoms with Crippen LogP contribution in [0, 0.1) is 11.3 Å². The van der Waals surface area contributed by atoms with Crippen molar-refractivity contribution in [2.45, 2.75) is 31.8 Å². The lowest BCUT2D eigenvalue weighted by Crippen LogP contribution is -2.37. The van der Waals surface area contributed by atoms with Gasteiger partial charge in [-0.15, -0.1) is 0 Å². The van der Waals surface area contributed by atoms with E-state index in [1.807, 2.05) is 0 Å². The first-order chi connectivity index (χ1) is 10.2. The Morgan fingerprint density at radius 1 is 1.50 bits per heavy atom. The summed E-state index contributed by atoms with van der Waals surface area (Å²) in [5.41, 5.74) is 0.349. The SMILES string of the molecule is CC1CN(C(=O)C2=CC=C(F)C(F)C2Br)CC1(C)C.O=CO. The smallest absolute Gasteiger partial charge is 0.290 e. The van der Waals surface area contributed by atoms with Crippen molar-refractivity contribution in [3.8, 4) is 0 Å². The number of rotatable bonds is 1. The highest BCUT2D eigenvalue weighted by Gasteiger charge is 2.41. The molecule has 7 heteroatoms. The summed E-state index contributed by atoms with van der Waals surface area (Å²) in [6, 6.07) is 0. The molecule has 1 aliphatic carbocycles. The highest BCUT2D eigenvalue weighted by Crippen LogP contribution is 2.37. The number of carboxylic acid groups (broad SMARTS) is 1. The van der Waals surface area contributed by atoms with Crippen molar-refractivity contribution in [1.82, 2.24) is 4.90 Å². The van der Waals surface area contributed by atoms with Gasteiger partial charge in [-0.05, 0) is 23.5 Å².